The summed E-state index contributed by atoms with van der Waals surface area (Å²) in [4.78, 5) is 26.0. The topological polar surface area (TPSA) is 95.0 Å². The van der Waals surface area contributed by atoms with Crippen LogP contribution in [0.5, 0.6) is 0 Å². The highest BCUT2D eigenvalue weighted by Crippen LogP contribution is 2.25. The Labute approximate surface area is 133 Å². The number of aryl methyl sites for hydroxylation is 1. The summed E-state index contributed by atoms with van der Waals surface area (Å²) >= 11 is 1.07. The van der Waals surface area contributed by atoms with E-state index in [2.05, 4.69) is 0 Å². The third-order valence-electron chi connectivity index (χ3n) is 3.68. The number of nitrogens with zero attached hydrogens (tertiary/aromatic N) is 2. The van der Waals surface area contributed by atoms with Crippen LogP contribution in [0.25, 0.3) is 0 Å². The number of carboxylic acid groups (broad SMARTS) is 1. The van der Waals surface area contributed by atoms with E-state index < -0.39 is 16.0 Å². The second-order valence-electron chi connectivity index (χ2n) is 5.35. The fourth-order valence-corrected chi connectivity index (χ4v) is 4.23. The van der Waals surface area contributed by atoms with Crippen LogP contribution in [0.15, 0.2) is 6.07 Å². The van der Waals surface area contributed by atoms with E-state index in [1.165, 1.54) is 10.4 Å². The molecule has 1 amide bonds. The van der Waals surface area contributed by atoms with Gasteiger partial charge in [0.15, 0.2) is 0 Å². The zero-order valence-electron chi connectivity index (χ0n) is 12.6. The molecule has 0 radical (unpaired) electrons. The molecule has 2 heterocycles. The van der Waals surface area contributed by atoms with E-state index in [0.717, 1.165) is 17.6 Å². The van der Waals surface area contributed by atoms with Crippen LogP contribution in [0, 0.1) is 6.92 Å². The minimum Gasteiger partial charge on any atom is -0.477 e. The molecule has 1 atom stereocenters. The maximum absolute atomic E-state index is 12.6. The summed E-state index contributed by atoms with van der Waals surface area (Å²) in [5.74, 6) is -1.30. The van der Waals surface area contributed by atoms with Gasteiger partial charge in [-0.1, -0.05) is 0 Å². The molecule has 1 unspecified atom stereocenters. The first-order valence-corrected chi connectivity index (χ1v) is 9.37. The first kappa shape index (κ1) is 16.9. The lowest BCUT2D eigenvalue weighted by atomic mass is 10.1. The molecular weight excluding hydrogens is 328 g/mol. The molecule has 7 nitrogen and oxygen atoms in total. The van der Waals surface area contributed by atoms with Crippen molar-refractivity contribution in [2.75, 3.05) is 25.9 Å². The predicted octanol–water partition coefficient (Wildman–Crippen LogP) is 0.861. The van der Waals surface area contributed by atoms with E-state index in [0.29, 0.717) is 17.0 Å². The van der Waals surface area contributed by atoms with Gasteiger partial charge in [0.1, 0.15) is 4.88 Å². The number of aromatic carboxylic acids is 1. The zero-order chi connectivity index (χ0) is 16.7. The van der Waals surface area contributed by atoms with Crippen molar-refractivity contribution in [1.82, 2.24) is 9.21 Å². The lowest BCUT2D eigenvalue weighted by Crippen LogP contribution is -2.55. The van der Waals surface area contributed by atoms with E-state index in [1.807, 2.05) is 0 Å². The number of sulfonamides is 1. The van der Waals surface area contributed by atoms with Crippen LogP contribution in [0.4, 0.5) is 0 Å². The predicted molar refractivity (Wildman–Crippen MR) is 82.9 cm³/mol. The van der Waals surface area contributed by atoms with Crippen LogP contribution < -0.4 is 0 Å². The number of carbonyl (C=O) groups excluding carboxylic acids is 1. The summed E-state index contributed by atoms with van der Waals surface area (Å²) in [6, 6.07) is 1.13. The Kier molecular flexibility index (Phi) is 4.59. The number of hydrogen-bond acceptors (Lipinski definition) is 5. The van der Waals surface area contributed by atoms with Crippen molar-refractivity contribution < 1.29 is 23.1 Å². The molecular formula is C13H18N2O5S2. The summed E-state index contributed by atoms with van der Waals surface area (Å²) in [6.45, 7) is 4.30. The lowest BCUT2D eigenvalue weighted by Gasteiger charge is -2.38. The smallest absolute Gasteiger partial charge is 0.345 e. The van der Waals surface area contributed by atoms with E-state index in [-0.39, 0.29) is 29.9 Å². The van der Waals surface area contributed by atoms with Crippen LogP contribution in [0.1, 0.15) is 31.8 Å². The van der Waals surface area contributed by atoms with Gasteiger partial charge in [0, 0.05) is 30.6 Å². The monoisotopic (exact) mass is 346 g/mol. The van der Waals surface area contributed by atoms with Crippen molar-refractivity contribution in [3.8, 4) is 0 Å². The molecule has 1 aliphatic heterocycles. The Bertz CT molecular complexity index is 710. The highest BCUT2D eigenvalue weighted by atomic mass is 32.2. The van der Waals surface area contributed by atoms with Gasteiger partial charge in [-0.25, -0.2) is 13.2 Å². The number of amides is 1. The molecule has 2 rings (SSSR count). The molecule has 22 heavy (non-hydrogen) atoms. The summed E-state index contributed by atoms with van der Waals surface area (Å²) < 4.78 is 24.5. The SMILES string of the molecule is Cc1sc(C(=O)O)cc1C(=O)N1CCN(S(C)(=O)=O)CC1C. The molecule has 0 aromatic carbocycles. The van der Waals surface area contributed by atoms with Crippen LogP contribution in [-0.4, -0.2) is 66.5 Å². The summed E-state index contributed by atoms with van der Waals surface area (Å²) in [5.41, 5.74) is 0.377. The second-order valence-corrected chi connectivity index (χ2v) is 8.59. The number of hydrogen-bond donors (Lipinski definition) is 1. The van der Waals surface area contributed by atoms with Crippen LogP contribution in [0.2, 0.25) is 0 Å². The van der Waals surface area contributed by atoms with Crippen molar-refractivity contribution in [2.24, 2.45) is 0 Å². The van der Waals surface area contributed by atoms with Crippen molar-refractivity contribution in [1.29, 1.82) is 0 Å². The van der Waals surface area contributed by atoms with Gasteiger partial charge >= 0.3 is 5.97 Å². The molecule has 0 saturated carbocycles. The van der Waals surface area contributed by atoms with Crippen LogP contribution >= 0.6 is 11.3 Å². The lowest BCUT2D eigenvalue weighted by molar-refractivity contribution is 0.0592. The quantitative estimate of drug-likeness (QED) is 0.876. The second kappa shape index (κ2) is 5.98. The Morgan fingerprint density at radius 1 is 1.36 bits per heavy atom. The summed E-state index contributed by atoms with van der Waals surface area (Å²) in [6.07, 6.45) is 1.15. The minimum absolute atomic E-state index is 0.128. The summed E-state index contributed by atoms with van der Waals surface area (Å²) in [7, 11) is -3.27. The van der Waals surface area contributed by atoms with Crippen LogP contribution in [0.3, 0.4) is 0 Å². The van der Waals surface area contributed by atoms with E-state index >= 15 is 0 Å². The molecule has 9 heteroatoms. The summed E-state index contributed by atoms with van der Waals surface area (Å²) in [5, 5.41) is 9.00. The molecule has 1 saturated heterocycles. The van der Waals surface area contributed by atoms with Crippen molar-refractivity contribution in [2.45, 2.75) is 19.9 Å². The Morgan fingerprint density at radius 3 is 2.45 bits per heavy atom. The maximum atomic E-state index is 12.6. The average Bonchev–Trinajstić information content (AvgIpc) is 2.79. The molecule has 0 spiro atoms. The number of carboxylic acids is 1. The maximum Gasteiger partial charge on any atom is 0.345 e. The molecule has 1 aromatic rings. The molecule has 122 valence electrons. The van der Waals surface area contributed by atoms with Gasteiger partial charge in [-0.3, -0.25) is 4.79 Å². The number of rotatable bonds is 3. The van der Waals surface area contributed by atoms with E-state index in [1.54, 1.807) is 18.7 Å². The van der Waals surface area contributed by atoms with Crippen molar-refractivity contribution >= 4 is 33.2 Å². The number of thiophene rings is 1. The highest BCUT2D eigenvalue weighted by molar-refractivity contribution is 7.88. The van der Waals surface area contributed by atoms with E-state index in [9.17, 15) is 18.0 Å². The van der Waals surface area contributed by atoms with Gasteiger partial charge in [0.05, 0.1) is 11.8 Å². The van der Waals surface area contributed by atoms with Crippen molar-refractivity contribution in [3.63, 3.8) is 0 Å². The standard InChI is InChI=1S/C13H18N2O5S2/c1-8-7-14(22(3,19)20)4-5-15(8)12(16)10-6-11(13(17)18)21-9(10)2/h6,8H,4-5,7H2,1-3H3,(H,17,18). The number of piperazine rings is 1. The van der Waals surface area contributed by atoms with Gasteiger partial charge < -0.3 is 10.0 Å². The third kappa shape index (κ3) is 3.31. The third-order valence-corrected chi connectivity index (χ3v) is 5.99. The van der Waals surface area contributed by atoms with Crippen molar-refractivity contribution in [3.05, 3.63) is 21.4 Å². The molecule has 0 bridgehead atoms. The fraction of sp³-hybridized carbons (Fsp3) is 0.538. The fourth-order valence-electron chi connectivity index (χ4n) is 2.48. The van der Waals surface area contributed by atoms with Gasteiger partial charge in [0.25, 0.3) is 5.91 Å². The Morgan fingerprint density at radius 2 is 2.00 bits per heavy atom. The molecule has 1 aliphatic rings. The van der Waals surface area contributed by atoms with Crippen LogP contribution in [-0.2, 0) is 10.0 Å². The van der Waals surface area contributed by atoms with Gasteiger partial charge in [-0.05, 0) is 19.9 Å². The zero-order valence-corrected chi connectivity index (χ0v) is 14.2. The van der Waals surface area contributed by atoms with Gasteiger partial charge in [-0.2, -0.15) is 4.31 Å². The van der Waals surface area contributed by atoms with Gasteiger partial charge in [0.2, 0.25) is 10.0 Å². The Balaban J connectivity index is 2.19. The molecule has 1 aromatic heterocycles. The largest absolute Gasteiger partial charge is 0.477 e. The van der Waals surface area contributed by atoms with Gasteiger partial charge in [-0.15, -0.1) is 11.3 Å². The molecule has 0 aliphatic carbocycles. The van der Waals surface area contributed by atoms with E-state index in [4.69, 9.17) is 5.11 Å². The normalized spacial score (nSPS) is 20.1. The highest BCUT2D eigenvalue weighted by Gasteiger charge is 2.33. The number of carbonyl (C=O) groups is 2. The first-order valence-electron chi connectivity index (χ1n) is 6.71. The average molecular weight is 346 g/mol. The molecule has 1 fully saturated rings. The minimum atomic E-state index is -3.27. The Hall–Kier alpha value is -1.45. The molecule has 1 N–H and O–H groups in total. The first-order chi connectivity index (χ1) is 10.1.